The lowest BCUT2D eigenvalue weighted by molar-refractivity contribution is -0.121. The highest BCUT2D eigenvalue weighted by molar-refractivity contribution is 5.91. The van der Waals surface area contributed by atoms with Gasteiger partial charge in [-0.1, -0.05) is 45.4 Å². The molecule has 2 rings (SSSR count). The second-order valence-electron chi connectivity index (χ2n) is 7.92. The minimum atomic E-state index is -0.500. The predicted molar refractivity (Wildman–Crippen MR) is 134 cm³/mol. The van der Waals surface area contributed by atoms with E-state index >= 15 is 0 Å². The van der Waals surface area contributed by atoms with Crippen molar-refractivity contribution in [1.29, 1.82) is 0 Å². The van der Waals surface area contributed by atoms with Crippen LogP contribution >= 0.6 is 0 Å². The molecular formula is C27H36N2O5. The molecule has 0 spiro atoms. The zero-order chi connectivity index (χ0) is 24.6. The van der Waals surface area contributed by atoms with E-state index in [1.165, 1.54) is 45.4 Å². The monoisotopic (exact) mass is 468 g/mol. The molecule has 0 atom stereocenters. The van der Waals surface area contributed by atoms with Gasteiger partial charge in [0.1, 0.15) is 5.75 Å². The van der Waals surface area contributed by atoms with E-state index < -0.39 is 5.97 Å². The molecule has 7 heteroatoms. The fourth-order valence-electron chi connectivity index (χ4n) is 3.34. The van der Waals surface area contributed by atoms with Gasteiger partial charge in [0.05, 0.1) is 25.5 Å². The van der Waals surface area contributed by atoms with Crippen LogP contribution in [0, 0.1) is 0 Å². The summed E-state index contributed by atoms with van der Waals surface area (Å²) in [5.74, 6) is 0.770. The topological polar surface area (TPSA) is 86.2 Å². The molecule has 0 bridgehead atoms. The van der Waals surface area contributed by atoms with Gasteiger partial charge in [-0.2, -0.15) is 5.10 Å². The number of ether oxygens (including phenoxy) is 3. The van der Waals surface area contributed by atoms with E-state index in [1.54, 1.807) is 42.5 Å². The number of methoxy groups -OCH3 is 1. The molecule has 0 aliphatic carbocycles. The Morgan fingerprint density at radius 3 is 2.29 bits per heavy atom. The summed E-state index contributed by atoms with van der Waals surface area (Å²) in [6.45, 7) is 4.66. The van der Waals surface area contributed by atoms with Gasteiger partial charge in [-0.05, 0) is 61.4 Å². The van der Waals surface area contributed by atoms with Crippen LogP contribution in [0.4, 0.5) is 0 Å². The first-order valence-electron chi connectivity index (χ1n) is 12.0. The Bertz CT molecular complexity index is 925. The summed E-state index contributed by atoms with van der Waals surface area (Å²) in [4.78, 5) is 24.4. The Balaban J connectivity index is 1.83. The Kier molecular flexibility index (Phi) is 12.2. The number of hydrogen-bond acceptors (Lipinski definition) is 6. The summed E-state index contributed by atoms with van der Waals surface area (Å²) in [5, 5.41) is 4.02. The molecule has 184 valence electrons. The molecule has 0 saturated heterocycles. The average molecular weight is 469 g/mol. The quantitative estimate of drug-likeness (QED) is 0.116. The van der Waals surface area contributed by atoms with E-state index in [1.807, 2.05) is 6.92 Å². The first-order chi connectivity index (χ1) is 16.6. The van der Waals surface area contributed by atoms with Gasteiger partial charge in [-0.25, -0.2) is 10.2 Å². The normalized spacial score (nSPS) is 10.8. The van der Waals surface area contributed by atoms with Crippen molar-refractivity contribution in [2.24, 2.45) is 5.10 Å². The average Bonchev–Trinajstić information content (AvgIpc) is 2.85. The lowest BCUT2D eigenvalue weighted by atomic mass is 10.1. The highest BCUT2D eigenvalue weighted by Gasteiger charge is 2.13. The number of carbonyl (C=O) groups is 2. The number of nitrogens with one attached hydrogen (secondary N) is 1. The molecule has 0 saturated carbocycles. The third-order valence-electron chi connectivity index (χ3n) is 5.20. The van der Waals surface area contributed by atoms with Gasteiger partial charge in [-0.15, -0.1) is 0 Å². The molecule has 0 aromatic heterocycles. The summed E-state index contributed by atoms with van der Waals surface area (Å²) < 4.78 is 16.2. The molecule has 0 aliphatic heterocycles. The lowest BCUT2D eigenvalue weighted by Crippen LogP contribution is -2.16. The van der Waals surface area contributed by atoms with Crippen LogP contribution in [0.15, 0.2) is 47.6 Å². The van der Waals surface area contributed by atoms with Gasteiger partial charge >= 0.3 is 5.97 Å². The zero-order valence-electron chi connectivity index (χ0n) is 20.5. The van der Waals surface area contributed by atoms with Crippen molar-refractivity contribution in [2.75, 3.05) is 13.7 Å². The number of esters is 1. The standard InChI is InChI=1S/C27H36N2O5/c1-4-6-7-8-9-10-11-12-26(30)29-28-20-21-13-18-24(25(19-21)32-3)34-27(31)22-14-16-23(17-15-22)33-5-2/h13-20H,4-12H2,1-3H3,(H,29,30). The molecule has 0 fully saturated rings. The van der Waals surface area contributed by atoms with Gasteiger partial charge in [0.15, 0.2) is 11.5 Å². The van der Waals surface area contributed by atoms with Gasteiger partial charge in [0.25, 0.3) is 0 Å². The number of hydrogen-bond donors (Lipinski definition) is 1. The SMILES string of the molecule is CCCCCCCCCC(=O)NN=Cc1ccc(OC(=O)c2ccc(OCC)cc2)c(OC)c1. The van der Waals surface area contributed by atoms with E-state index in [9.17, 15) is 9.59 Å². The maximum Gasteiger partial charge on any atom is 0.343 e. The van der Waals surface area contributed by atoms with Crippen LogP contribution in [0.1, 0.15) is 81.1 Å². The molecule has 1 amide bonds. The van der Waals surface area contributed by atoms with Crippen molar-refractivity contribution in [3.05, 3.63) is 53.6 Å². The fourth-order valence-corrected chi connectivity index (χ4v) is 3.34. The second-order valence-corrected chi connectivity index (χ2v) is 7.92. The van der Waals surface area contributed by atoms with Crippen LogP contribution in [-0.2, 0) is 4.79 Å². The van der Waals surface area contributed by atoms with Gasteiger partial charge in [0, 0.05) is 6.42 Å². The minimum absolute atomic E-state index is 0.0994. The van der Waals surface area contributed by atoms with Crippen molar-refractivity contribution < 1.29 is 23.8 Å². The van der Waals surface area contributed by atoms with E-state index in [4.69, 9.17) is 14.2 Å². The summed E-state index contributed by atoms with van der Waals surface area (Å²) >= 11 is 0. The fraction of sp³-hybridized carbons (Fsp3) is 0.444. The minimum Gasteiger partial charge on any atom is -0.494 e. The third-order valence-corrected chi connectivity index (χ3v) is 5.20. The van der Waals surface area contributed by atoms with Crippen LogP contribution in [-0.4, -0.2) is 31.8 Å². The summed E-state index contributed by atoms with van der Waals surface area (Å²) in [6, 6.07) is 11.8. The lowest BCUT2D eigenvalue weighted by Gasteiger charge is -2.10. The van der Waals surface area contributed by atoms with Crippen LogP contribution < -0.4 is 19.6 Å². The van der Waals surface area contributed by atoms with E-state index in [0.29, 0.717) is 41.4 Å². The molecular weight excluding hydrogens is 432 g/mol. The van der Waals surface area contributed by atoms with Crippen molar-refractivity contribution in [1.82, 2.24) is 5.43 Å². The molecule has 2 aromatic rings. The smallest absolute Gasteiger partial charge is 0.343 e. The maximum atomic E-state index is 12.5. The van der Waals surface area contributed by atoms with Crippen LogP contribution in [0.2, 0.25) is 0 Å². The molecule has 2 aromatic carbocycles. The number of amides is 1. The first kappa shape index (κ1) is 26.9. The highest BCUT2D eigenvalue weighted by Crippen LogP contribution is 2.28. The number of benzene rings is 2. The van der Waals surface area contributed by atoms with Gasteiger partial charge in [-0.3, -0.25) is 4.79 Å². The Hall–Kier alpha value is -3.35. The van der Waals surface area contributed by atoms with E-state index in [-0.39, 0.29) is 5.91 Å². The third kappa shape index (κ3) is 9.65. The summed E-state index contributed by atoms with van der Waals surface area (Å²) in [7, 11) is 1.49. The predicted octanol–water partition coefficient (Wildman–Crippen LogP) is 5.90. The largest absolute Gasteiger partial charge is 0.494 e. The molecule has 34 heavy (non-hydrogen) atoms. The molecule has 0 heterocycles. The summed E-state index contributed by atoms with van der Waals surface area (Å²) in [6.07, 6.45) is 10.1. The van der Waals surface area contributed by atoms with Gasteiger partial charge < -0.3 is 14.2 Å². The van der Waals surface area contributed by atoms with Crippen molar-refractivity contribution >= 4 is 18.1 Å². The number of nitrogens with zero attached hydrogens (tertiary/aromatic N) is 1. The Morgan fingerprint density at radius 1 is 0.912 bits per heavy atom. The number of carbonyl (C=O) groups excluding carboxylic acids is 2. The number of rotatable bonds is 15. The van der Waals surface area contributed by atoms with Crippen molar-refractivity contribution in [3.63, 3.8) is 0 Å². The Morgan fingerprint density at radius 2 is 1.62 bits per heavy atom. The molecule has 7 nitrogen and oxygen atoms in total. The zero-order valence-corrected chi connectivity index (χ0v) is 20.5. The molecule has 0 radical (unpaired) electrons. The second kappa shape index (κ2) is 15.5. The Labute approximate surface area is 202 Å². The highest BCUT2D eigenvalue weighted by atomic mass is 16.6. The number of unbranched alkanes of at least 4 members (excludes halogenated alkanes) is 6. The van der Waals surface area contributed by atoms with Crippen LogP contribution in [0.5, 0.6) is 17.2 Å². The molecule has 0 aliphatic rings. The molecule has 1 N–H and O–H groups in total. The van der Waals surface area contributed by atoms with Crippen LogP contribution in [0.25, 0.3) is 0 Å². The van der Waals surface area contributed by atoms with E-state index in [0.717, 1.165) is 12.8 Å². The van der Waals surface area contributed by atoms with Crippen molar-refractivity contribution in [3.8, 4) is 17.2 Å². The first-order valence-corrected chi connectivity index (χ1v) is 12.0. The van der Waals surface area contributed by atoms with E-state index in [2.05, 4.69) is 17.5 Å². The summed E-state index contributed by atoms with van der Waals surface area (Å²) in [5.41, 5.74) is 3.66. The van der Waals surface area contributed by atoms with Gasteiger partial charge in [0.2, 0.25) is 5.91 Å². The number of hydrazone groups is 1. The molecule has 0 unspecified atom stereocenters. The maximum absolute atomic E-state index is 12.5. The van der Waals surface area contributed by atoms with Crippen LogP contribution in [0.3, 0.4) is 0 Å². The van der Waals surface area contributed by atoms with Crippen molar-refractivity contribution in [2.45, 2.75) is 65.2 Å².